The first-order valence-electron chi connectivity index (χ1n) is 16.8. The molecule has 1 N–H and O–H groups in total. The van der Waals surface area contributed by atoms with Crippen LogP contribution in [0.4, 0.5) is 0 Å². The molecule has 0 saturated heterocycles. The van der Waals surface area contributed by atoms with E-state index in [1.54, 1.807) is 6.07 Å². The summed E-state index contributed by atoms with van der Waals surface area (Å²) in [4.78, 5) is 0. The standard InChI is InChI=1S/C40H29NO.C7H8/c1-25-8-3-4-9-31(25)36-23-27(15-14-26(36)2)28-17-21-40-37(24-28)34-10-5-6-12-38(34)41(40)39-13-7-11-33-32-20-18-30(42)22-29(32)16-19-35(33)39;1-7-5-3-2-4-6-7/h3-24,42H,1-2H3;2-6H,1H3. The van der Waals surface area contributed by atoms with Gasteiger partial charge in [-0.05, 0) is 113 Å². The molecule has 0 aliphatic rings. The molecule has 1 heterocycles. The van der Waals surface area contributed by atoms with Gasteiger partial charge in [-0.15, -0.1) is 0 Å². The number of fused-ring (bicyclic) bond motifs is 6. The largest absolute Gasteiger partial charge is 0.508 e. The minimum atomic E-state index is 0.288. The van der Waals surface area contributed by atoms with E-state index in [4.69, 9.17) is 0 Å². The van der Waals surface area contributed by atoms with E-state index in [1.165, 1.54) is 71.5 Å². The SMILES string of the molecule is Cc1ccccc1.Cc1ccccc1-c1cc(-c2ccc3c(c2)c2ccccc2n3-c2cccc3c2ccc2cc(O)ccc23)ccc1C. The zero-order valence-electron chi connectivity index (χ0n) is 28.0. The molecule has 0 atom stereocenters. The molecule has 1 aromatic heterocycles. The quantitative estimate of drug-likeness (QED) is 0.193. The topological polar surface area (TPSA) is 25.2 Å². The van der Waals surface area contributed by atoms with Crippen LogP contribution in [0.15, 0.2) is 164 Å². The third-order valence-corrected chi connectivity index (χ3v) is 9.70. The Kier molecular flexibility index (Phi) is 7.70. The van der Waals surface area contributed by atoms with E-state index in [-0.39, 0.29) is 5.75 Å². The molecule has 0 aliphatic heterocycles. The molecule has 2 heteroatoms. The van der Waals surface area contributed by atoms with Gasteiger partial charge >= 0.3 is 0 Å². The molecule has 236 valence electrons. The third kappa shape index (κ3) is 5.52. The second kappa shape index (κ2) is 12.5. The highest BCUT2D eigenvalue weighted by atomic mass is 16.3. The molecule has 0 bridgehead atoms. The predicted octanol–water partition coefficient (Wildman–Crippen LogP) is 12.7. The van der Waals surface area contributed by atoms with Crippen molar-refractivity contribution in [2.75, 3.05) is 0 Å². The summed E-state index contributed by atoms with van der Waals surface area (Å²) in [5.74, 6) is 0.288. The molecule has 0 amide bonds. The van der Waals surface area contributed by atoms with Gasteiger partial charge in [-0.2, -0.15) is 0 Å². The summed E-state index contributed by atoms with van der Waals surface area (Å²) in [6.45, 7) is 6.46. The monoisotopic (exact) mass is 631 g/mol. The highest BCUT2D eigenvalue weighted by molar-refractivity contribution is 6.14. The Labute approximate surface area is 287 Å². The molecule has 8 aromatic carbocycles. The molecule has 49 heavy (non-hydrogen) atoms. The van der Waals surface area contributed by atoms with Gasteiger partial charge in [-0.25, -0.2) is 0 Å². The van der Waals surface area contributed by atoms with E-state index < -0.39 is 0 Å². The normalized spacial score (nSPS) is 11.2. The average Bonchev–Trinajstić information content (AvgIpc) is 3.46. The van der Waals surface area contributed by atoms with Crippen LogP contribution in [-0.2, 0) is 0 Å². The van der Waals surface area contributed by atoms with E-state index in [1.807, 2.05) is 30.3 Å². The number of aromatic nitrogens is 1. The van der Waals surface area contributed by atoms with Gasteiger partial charge in [0.25, 0.3) is 0 Å². The molecule has 9 aromatic rings. The fourth-order valence-corrected chi connectivity index (χ4v) is 7.18. The Hall–Kier alpha value is -6.12. The van der Waals surface area contributed by atoms with Crippen molar-refractivity contribution in [3.8, 4) is 33.7 Å². The third-order valence-electron chi connectivity index (χ3n) is 9.70. The van der Waals surface area contributed by atoms with Crippen molar-refractivity contribution in [2.45, 2.75) is 20.8 Å². The summed E-state index contributed by atoms with van der Waals surface area (Å²) >= 11 is 0. The molecule has 0 aliphatic carbocycles. The molecule has 0 spiro atoms. The van der Waals surface area contributed by atoms with Crippen LogP contribution in [0.2, 0.25) is 0 Å². The zero-order chi connectivity index (χ0) is 33.5. The van der Waals surface area contributed by atoms with E-state index in [0.29, 0.717) is 0 Å². The van der Waals surface area contributed by atoms with Gasteiger partial charge in [0.15, 0.2) is 0 Å². The van der Waals surface area contributed by atoms with Gasteiger partial charge in [0.2, 0.25) is 0 Å². The first-order valence-corrected chi connectivity index (χ1v) is 16.8. The Morgan fingerprint density at radius 1 is 0.408 bits per heavy atom. The van der Waals surface area contributed by atoms with Crippen molar-refractivity contribution >= 4 is 43.4 Å². The highest BCUT2D eigenvalue weighted by Crippen LogP contribution is 2.39. The Bertz CT molecular complexity index is 2650. The number of aryl methyl sites for hydroxylation is 3. The lowest BCUT2D eigenvalue weighted by atomic mass is 9.92. The zero-order valence-corrected chi connectivity index (χ0v) is 28.0. The van der Waals surface area contributed by atoms with Crippen molar-refractivity contribution in [2.24, 2.45) is 0 Å². The Balaban J connectivity index is 0.000000446. The lowest BCUT2D eigenvalue weighted by molar-refractivity contribution is 0.476. The smallest absolute Gasteiger partial charge is 0.116 e. The summed E-state index contributed by atoms with van der Waals surface area (Å²) in [7, 11) is 0. The maximum atomic E-state index is 10.0. The van der Waals surface area contributed by atoms with E-state index in [9.17, 15) is 5.11 Å². The van der Waals surface area contributed by atoms with Crippen LogP contribution in [-0.4, -0.2) is 9.67 Å². The van der Waals surface area contributed by atoms with Crippen LogP contribution < -0.4 is 0 Å². The molecular formula is C47H37NO. The minimum Gasteiger partial charge on any atom is -0.508 e. The van der Waals surface area contributed by atoms with Gasteiger partial charge < -0.3 is 9.67 Å². The van der Waals surface area contributed by atoms with E-state index >= 15 is 0 Å². The number of rotatable bonds is 3. The summed E-state index contributed by atoms with van der Waals surface area (Å²) in [5, 5.41) is 17.1. The lowest BCUT2D eigenvalue weighted by Gasteiger charge is -2.14. The van der Waals surface area contributed by atoms with Gasteiger partial charge in [-0.1, -0.05) is 127 Å². The van der Waals surface area contributed by atoms with Crippen LogP contribution in [0.5, 0.6) is 5.75 Å². The summed E-state index contributed by atoms with van der Waals surface area (Å²) < 4.78 is 2.40. The first kappa shape index (κ1) is 30.2. The first-order chi connectivity index (χ1) is 24.0. The van der Waals surface area contributed by atoms with Crippen LogP contribution in [0, 0.1) is 20.8 Å². The highest BCUT2D eigenvalue weighted by Gasteiger charge is 2.16. The number of hydrogen-bond donors (Lipinski definition) is 1. The molecule has 0 unspecified atom stereocenters. The second-order valence-electron chi connectivity index (χ2n) is 12.9. The van der Waals surface area contributed by atoms with Crippen LogP contribution in [0.1, 0.15) is 16.7 Å². The predicted molar refractivity (Wildman–Crippen MR) is 209 cm³/mol. The molecule has 0 saturated carbocycles. The van der Waals surface area contributed by atoms with Gasteiger partial charge in [-0.3, -0.25) is 0 Å². The van der Waals surface area contributed by atoms with Crippen molar-refractivity contribution in [3.05, 3.63) is 180 Å². The van der Waals surface area contributed by atoms with Crippen molar-refractivity contribution in [1.29, 1.82) is 0 Å². The fourth-order valence-electron chi connectivity index (χ4n) is 7.18. The summed E-state index contributed by atoms with van der Waals surface area (Å²) in [5.41, 5.74) is 12.4. The number of benzene rings is 8. The van der Waals surface area contributed by atoms with Gasteiger partial charge in [0.1, 0.15) is 5.75 Å². The van der Waals surface area contributed by atoms with Crippen molar-refractivity contribution < 1.29 is 5.11 Å². The van der Waals surface area contributed by atoms with Gasteiger partial charge in [0.05, 0.1) is 16.7 Å². The molecule has 0 fully saturated rings. The lowest BCUT2D eigenvalue weighted by Crippen LogP contribution is -1.95. The Morgan fingerprint density at radius 3 is 1.90 bits per heavy atom. The molecule has 2 nitrogen and oxygen atoms in total. The molecular weight excluding hydrogens is 595 g/mol. The number of aromatic hydroxyl groups is 1. The van der Waals surface area contributed by atoms with Crippen LogP contribution in [0.3, 0.4) is 0 Å². The van der Waals surface area contributed by atoms with Crippen molar-refractivity contribution in [1.82, 2.24) is 4.57 Å². The molecule has 0 radical (unpaired) electrons. The maximum absolute atomic E-state index is 10.0. The number of nitrogens with zero attached hydrogens (tertiary/aromatic N) is 1. The second-order valence-corrected chi connectivity index (χ2v) is 12.9. The maximum Gasteiger partial charge on any atom is 0.116 e. The van der Waals surface area contributed by atoms with Gasteiger partial charge in [0, 0.05) is 16.2 Å². The van der Waals surface area contributed by atoms with E-state index in [0.717, 1.165) is 16.5 Å². The summed E-state index contributed by atoms with van der Waals surface area (Å²) in [6, 6.07) is 57.7. The van der Waals surface area contributed by atoms with Crippen LogP contribution >= 0.6 is 0 Å². The van der Waals surface area contributed by atoms with E-state index in [2.05, 4.69) is 153 Å². The fraction of sp³-hybridized carbons (Fsp3) is 0.0638. The van der Waals surface area contributed by atoms with Crippen LogP contribution in [0.25, 0.3) is 71.3 Å². The summed E-state index contributed by atoms with van der Waals surface area (Å²) in [6.07, 6.45) is 0. The Morgan fingerprint density at radius 2 is 1.08 bits per heavy atom. The number of hydrogen-bond acceptors (Lipinski definition) is 1. The van der Waals surface area contributed by atoms with Crippen molar-refractivity contribution in [3.63, 3.8) is 0 Å². The average molecular weight is 632 g/mol. The number of phenolic OH excluding ortho intramolecular Hbond substituents is 1. The number of para-hydroxylation sites is 1. The molecule has 9 rings (SSSR count). The minimum absolute atomic E-state index is 0.288. The number of phenols is 1.